The summed E-state index contributed by atoms with van der Waals surface area (Å²) in [5.41, 5.74) is 10.7. The van der Waals surface area contributed by atoms with Crippen molar-refractivity contribution in [3.63, 3.8) is 0 Å². The fraction of sp³-hybridized carbons (Fsp3) is 0.355. The molecule has 0 aliphatic carbocycles. The lowest BCUT2D eigenvalue weighted by molar-refractivity contribution is -0.140. The number of amides is 1. The number of aliphatic hydroxyl groups excluding tert-OH is 1. The molecule has 0 spiro atoms. The maximum Gasteiger partial charge on any atom is 0.255 e. The van der Waals surface area contributed by atoms with Gasteiger partial charge in [-0.25, -0.2) is 4.99 Å². The van der Waals surface area contributed by atoms with Crippen LogP contribution in [0.25, 0.3) is 10.4 Å². The fourth-order valence-corrected chi connectivity index (χ4v) is 5.37. The molecule has 9 heteroatoms. The van der Waals surface area contributed by atoms with E-state index in [1.807, 2.05) is 71.6 Å². The van der Waals surface area contributed by atoms with E-state index in [1.54, 1.807) is 12.1 Å². The van der Waals surface area contributed by atoms with Gasteiger partial charge in [0.05, 0.1) is 6.61 Å². The maximum atomic E-state index is 14.6. The molecule has 3 aromatic rings. The van der Waals surface area contributed by atoms with E-state index >= 15 is 0 Å². The van der Waals surface area contributed by atoms with E-state index in [0.29, 0.717) is 61.0 Å². The number of azide groups is 1. The highest BCUT2D eigenvalue weighted by Gasteiger charge is 2.55. The number of hydrogen-bond acceptors (Lipinski definition) is 6. The lowest BCUT2D eigenvalue weighted by atomic mass is 9.80. The van der Waals surface area contributed by atoms with Gasteiger partial charge in [-0.1, -0.05) is 59.7 Å². The van der Waals surface area contributed by atoms with Crippen LogP contribution in [0.1, 0.15) is 48.5 Å². The first kappa shape index (κ1) is 27.2. The molecule has 0 bridgehead atoms. The number of likely N-dealkylation sites (tertiary alicyclic amines) is 1. The lowest BCUT2D eigenvalue weighted by Gasteiger charge is -2.37. The van der Waals surface area contributed by atoms with E-state index in [2.05, 4.69) is 10.0 Å². The topological polar surface area (TPSA) is 120 Å². The molecule has 0 saturated carbocycles. The Morgan fingerprint density at radius 1 is 1.05 bits per heavy atom. The summed E-state index contributed by atoms with van der Waals surface area (Å²) in [4.78, 5) is 24.6. The molecule has 40 heavy (non-hydrogen) atoms. The smallest absolute Gasteiger partial charge is 0.255 e. The highest BCUT2D eigenvalue weighted by atomic mass is 16.5. The van der Waals surface area contributed by atoms with E-state index in [9.17, 15) is 10.3 Å². The van der Waals surface area contributed by atoms with E-state index < -0.39 is 11.6 Å². The Hall–Kier alpha value is -4.33. The molecule has 5 rings (SSSR count). The van der Waals surface area contributed by atoms with E-state index in [-0.39, 0.29) is 12.5 Å². The van der Waals surface area contributed by atoms with Crippen LogP contribution >= 0.6 is 0 Å². The molecule has 2 aliphatic heterocycles. The second-order valence-electron chi connectivity index (χ2n) is 10.1. The van der Waals surface area contributed by atoms with Crippen molar-refractivity contribution >= 4 is 17.5 Å². The predicted octanol–water partition coefficient (Wildman–Crippen LogP) is 5.90. The van der Waals surface area contributed by atoms with Gasteiger partial charge in [0.15, 0.2) is 11.6 Å². The van der Waals surface area contributed by atoms with Gasteiger partial charge in [0.1, 0.15) is 5.75 Å². The summed E-state index contributed by atoms with van der Waals surface area (Å²) in [6.45, 7) is 1.82. The highest BCUT2D eigenvalue weighted by molar-refractivity contribution is 6.01. The monoisotopic (exact) mass is 539 g/mol. The Morgan fingerprint density at radius 2 is 1.77 bits per heavy atom. The Balaban J connectivity index is 1.62. The van der Waals surface area contributed by atoms with Crippen molar-refractivity contribution in [2.75, 3.05) is 26.3 Å². The average Bonchev–Trinajstić information content (AvgIpc) is 3.38. The molecular weight excluding hydrogens is 506 g/mol. The molecule has 0 aromatic heterocycles. The van der Waals surface area contributed by atoms with Crippen molar-refractivity contribution in [2.24, 2.45) is 10.1 Å². The molecule has 2 atom stereocenters. The second-order valence-corrected chi connectivity index (χ2v) is 10.1. The minimum Gasteiger partial charge on any atom is -0.494 e. The van der Waals surface area contributed by atoms with Crippen LogP contribution in [0.3, 0.4) is 0 Å². The lowest BCUT2D eigenvalue weighted by Crippen LogP contribution is -2.53. The zero-order valence-electron chi connectivity index (χ0n) is 22.4. The minimum atomic E-state index is -1.30. The quantitative estimate of drug-likeness (QED) is 0.149. The largest absolute Gasteiger partial charge is 0.494 e. The predicted molar refractivity (Wildman–Crippen MR) is 153 cm³/mol. The van der Waals surface area contributed by atoms with Gasteiger partial charge >= 0.3 is 0 Å². The molecule has 9 nitrogen and oxygen atoms in total. The number of carbonyl (C=O) groups excluding carboxylic acids is 1. The first-order valence-electron chi connectivity index (χ1n) is 13.7. The number of piperidine rings is 1. The van der Waals surface area contributed by atoms with Crippen molar-refractivity contribution in [3.8, 4) is 5.75 Å². The molecule has 206 valence electrons. The summed E-state index contributed by atoms with van der Waals surface area (Å²) in [5.74, 6) is 0.931. The number of ether oxygens (including phenoxy) is 2. The Labute approximate surface area is 233 Å². The van der Waals surface area contributed by atoms with Crippen molar-refractivity contribution in [3.05, 3.63) is 106 Å². The number of aliphatic hydroxyl groups is 1. The van der Waals surface area contributed by atoms with Gasteiger partial charge in [-0.05, 0) is 54.6 Å². The van der Waals surface area contributed by atoms with Crippen LogP contribution in [-0.4, -0.2) is 53.7 Å². The van der Waals surface area contributed by atoms with Gasteiger partial charge < -0.3 is 19.5 Å². The Morgan fingerprint density at radius 3 is 2.50 bits per heavy atom. The van der Waals surface area contributed by atoms with Crippen molar-refractivity contribution in [1.82, 2.24) is 4.90 Å². The molecule has 1 N–H and O–H groups in total. The van der Waals surface area contributed by atoms with Crippen molar-refractivity contribution in [2.45, 2.75) is 43.7 Å². The first-order valence-corrected chi connectivity index (χ1v) is 13.7. The summed E-state index contributed by atoms with van der Waals surface area (Å²) in [5, 5.41) is 13.0. The van der Waals surface area contributed by atoms with E-state index in [0.717, 1.165) is 24.8 Å². The van der Waals surface area contributed by atoms with Crippen LogP contribution in [0.5, 0.6) is 5.75 Å². The molecule has 3 aromatic carbocycles. The number of carbonyl (C=O) groups is 1. The second kappa shape index (κ2) is 12.7. The van der Waals surface area contributed by atoms with Crippen LogP contribution in [-0.2, 0) is 16.0 Å². The van der Waals surface area contributed by atoms with E-state index in [4.69, 9.17) is 19.6 Å². The average molecular weight is 540 g/mol. The normalized spacial score (nSPS) is 20.3. The van der Waals surface area contributed by atoms with Gasteiger partial charge in [0, 0.05) is 54.3 Å². The summed E-state index contributed by atoms with van der Waals surface area (Å²) in [6, 6.07) is 24.4. The zero-order valence-corrected chi connectivity index (χ0v) is 22.4. The summed E-state index contributed by atoms with van der Waals surface area (Å²) in [6.07, 6.45) is 3.05. The number of aliphatic imine (C=N–C) groups is 1. The zero-order chi connectivity index (χ0) is 27.8. The Kier molecular flexibility index (Phi) is 8.64. The van der Waals surface area contributed by atoms with Crippen LogP contribution in [0.4, 0.5) is 5.69 Å². The molecular formula is C31H33N5O4. The Bertz CT molecular complexity index is 1380. The van der Waals surface area contributed by atoms with Gasteiger partial charge in [-0.15, -0.1) is 0 Å². The summed E-state index contributed by atoms with van der Waals surface area (Å²) >= 11 is 0. The van der Waals surface area contributed by atoms with Gasteiger partial charge in [-0.2, -0.15) is 0 Å². The molecule has 0 radical (unpaired) electrons. The van der Waals surface area contributed by atoms with Crippen LogP contribution < -0.4 is 4.74 Å². The standard InChI is InChI=1S/C31H33N5O4/c32-35-34-27-13-6-5-12-26(27)28-31(22-23-10-3-1-4-11-23,30(38)36-18-7-2-8-19-36)33-29(40-28)24-14-16-25(17-15-24)39-21-9-20-37/h1,3-6,10-17,28,37H,2,7-9,18-22H2/t28-,31-/m0/s1. The number of benzene rings is 3. The number of hydrogen-bond donors (Lipinski definition) is 1. The fourth-order valence-electron chi connectivity index (χ4n) is 5.37. The summed E-state index contributed by atoms with van der Waals surface area (Å²) < 4.78 is 12.3. The molecule has 2 aliphatic rings. The third kappa shape index (κ3) is 5.81. The van der Waals surface area contributed by atoms with Crippen molar-refractivity contribution < 1.29 is 19.4 Å². The van der Waals surface area contributed by atoms with Crippen LogP contribution in [0.2, 0.25) is 0 Å². The van der Waals surface area contributed by atoms with Crippen molar-refractivity contribution in [1.29, 1.82) is 0 Å². The minimum absolute atomic E-state index is 0.0655. The third-order valence-electron chi connectivity index (χ3n) is 7.34. The van der Waals surface area contributed by atoms with Gasteiger partial charge in [0.2, 0.25) is 5.90 Å². The molecule has 1 fully saturated rings. The number of rotatable bonds is 10. The SMILES string of the molecule is [N-]=[N+]=Nc1ccccc1[C@@H]1OC(c2ccc(OCCCO)cc2)=N[C@]1(Cc1ccccc1)C(=O)N1CCCCC1. The molecule has 2 heterocycles. The van der Waals surface area contributed by atoms with Crippen LogP contribution in [0.15, 0.2) is 89.0 Å². The molecule has 1 saturated heterocycles. The summed E-state index contributed by atoms with van der Waals surface area (Å²) in [7, 11) is 0. The van der Waals surface area contributed by atoms with Gasteiger partial charge in [0.25, 0.3) is 5.91 Å². The van der Waals surface area contributed by atoms with Crippen LogP contribution in [0, 0.1) is 0 Å². The first-order chi connectivity index (χ1) is 19.6. The maximum absolute atomic E-state index is 14.6. The van der Waals surface area contributed by atoms with E-state index in [1.165, 1.54) is 0 Å². The molecule has 0 unspecified atom stereocenters. The van der Waals surface area contributed by atoms with Gasteiger partial charge in [-0.3, -0.25) is 4.79 Å². The molecule has 1 amide bonds. The third-order valence-corrected chi connectivity index (χ3v) is 7.34. The number of nitrogens with zero attached hydrogens (tertiary/aromatic N) is 5. The highest BCUT2D eigenvalue weighted by Crippen LogP contribution is 2.46.